The first kappa shape index (κ1) is 17.8. The average Bonchev–Trinajstić information content (AvgIpc) is 2.41. The van der Waals surface area contributed by atoms with Crippen molar-refractivity contribution in [2.24, 2.45) is 0 Å². The van der Waals surface area contributed by atoms with E-state index in [9.17, 15) is 25.5 Å². The van der Waals surface area contributed by atoms with Gasteiger partial charge in [-0.05, 0) is 6.42 Å². The second kappa shape index (κ2) is 7.65. The summed E-state index contributed by atoms with van der Waals surface area (Å²) in [6.07, 6.45) is -4.13. The molecule has 1 aliphatic heterocycles. The van der Waals surface area contributed by atoms with Crippen LogP contribution in [0.1, 0.15) is 39.0 Å². The van der Waals surface area contributed by atoms with E-state index < -0.39 is 42.9 Å². The lowest BCUT2D eigenvalue weighted by Crippen LogP contribution is -2.65. The highest BCUT2D eigenvalue weighted by atomic mass is 16.7. The van der Waals surface area contributed by atoms with Crippen molar-refractivity contribution in [3.8, 4) is 0 Å². The minimum atomic E-state index is -2.18. The van der Waals surface area contributed by atoms with E-state index >= 15 is 0 Å². The molecule has 0 amide bonds. The largest absolute Gasteiger partial charge is 0.394 e. The molecule has 20 heavy (non-hydrogen) atoms. The van der Waals surface area contributed by atoms with Crippen molar-refractivity contribution in [1.82, 2.24) is 0 Å². The SMILES string of the molecule is CCCCCC(O)C[C@@]1(O)O[C@H](CO)[C@@H](O)[C@H](O)[C@@H]1O. The molecule has 1 rings (SSSR count). The fraction of sp³-hybridized carbons (Fsp3) is 1.00. The summed E-state index contributed by atoms with van der Waals surface area (Å²) in [6, 6.07) is 0. The minimum Gasteiger partial charge on any atom is -0.394 e. The third-order valence-electron chi connectivity index (χ3n) is 3.72. The monoisotopic (exact) mass is 294 g/mol. The molecule has 0 aromatic rings. The molecule has 0 saturated carbocycles. The Morgan fingerprint density at radius 3 is 2.35 bits per heavy atom. The molecule has 1 saturated heterocycles. The summed E-state index contributed by atoms with van der Waals surface area (Å²) in [6.45, 7) is 1.41. The van der Waals surface area contributed by atoms with Gasteiger partial charge < -0.3 is 35.4 Å². The summed E-state index contributed by atoms with van der Waals surface area (Å²) < 4.78 is 5.08. The Labute approximate surface area is 118 Å². The van der Waals surface area contributed by atoms with Crippen LogP contribution in [-0.2, 0) is 4.74 Å². The number of hydrogen-bond acceptors (Lipinski definition) is 7. The van der Waals surface area contributed by atoms with E-state index in [0.717, 1.165) is 19.3 Å². The van der Waals surface area contributed by atoms with E-state index in [1.165, 1.54) is 0 Å². The summed E-state index contributed by atoms with van der Waals surface area (Å²) in [5.41, 5.74) is 0. The third-order valence-corrected chi connectivity index (χ3v) is 3.72. The van der Waals surface area contributed by atoms with Gasteiger partial charge in [0.25, 0.3) is 0 Å². The molecule has 0 bridgehead atoms. The van der Waals surface area contributed by atoms with Gasteiger partial charge in [-0.1, -0.05) is 26.2 Å². The van der Waals surface area contributed by atoms with Crippen molar-refractivity contribution >= 4 is 0 Å². The van der Waals surface area contributed by atoms with Crippen LogP contribution < -0.4 is 0 Å². The van der Waals surface area contributed by atoms with Gasteiger partial charge in [-0.3, -0.25) is 0 Å². The number of ether oxygens (including phenoxy) is 1. The molecule has 1 fully saturated rings. The zero-order chi connectivity index (χ0) is 15.3. The molecular formula is C13H26O7. The molecule has 7 heteroatoms. The number of unbranched alkanes of at least 4 members (excludes halogenated alkanes) is 2. The Hall–Kier alpha value is -0.280. The van der Waals surface area contributed by atoms with Crippen molar-refractivity contribution in [3.63, 3.8) is 0 Å². The number of aliphatic hydroxyl groups excluding tert-OH is 5. The normalized spacial score (nSPS) is 39.8. The van der Waals surface area contributed by atoms with Crippen LogP contribution in [0.15, 0.2) is 0 Å². The van der Waals surface area contributed by atoms with Gasteiger partial charge in [0.15, 0.2) is 5.79 Å². The second-order valence-electron chi connectivity index (χ2n) is 5.46. The van der Waals surface area contributed by atoms with Gasteiger partial charge in [0.1, 0.15) is 24.4 Å². The molecule has 1 unspecified atom stereocenters. The maximum absolute atomic E-state index is 10.2. The van der Waals surface area contributed by atoms with Gasteiger partial charge in [-0.15, -0.1) is 0 Å². The first-order valence-corrected chi connectivity index (χ1v) is 7.09. The Morgan fingerprint density at radius 2 is 1.80 bits per heavy atom. The third kappa shape index (κ3) is 4.11. The molecule has 7 nitrogen and oxygen atoms in total. The van der Waals surface area contributed by atoms with Crippen molar-refractivity contribution in [3.05, 3.63) is 0 Å². The molecule has 0 spiro atoms. The standard InChI is InChI=1S/C13H26O7/c1-2-3-4-5-8(15)6-13(19)12(18)11(17)10(16)9(7-14)20-13/h8-12,14-19H,2-7H2,1H3/t8?,9-,10-,11+,12+,13-/m1/s1. The number of rotatable bonds is 7. The summed E-state index contributed by atoms with van der Waals surface area (Å²) in [7, 11) is 0. The highest BCUT2D eigenvalue weighted by molar-refractivity contribution is 4.96. The molecule has 120 valence electrons. The highest BCUT2D eigenvalue weighted by Gasteiger charge is 2.53. The molecule has 0 aliphatic carbocycles. The van der Waals surface area contributed by atoms with Crippen molar-refractivity contribution in [2.75, 3.05) is 6.61 Å². The lowest BCUT2D eigenvalue weighted by molar-refractivity contribution is -0.355. The fourth-order valence-corrected chi connectivity index (χ4v) is 2.46. The summed E-state index contributed by atoms with van der Waals surface area (Å²) >= 11 is 0. The molecular weight excluding hydrogens is 268 g/mol. The van der Waals surface area contributed by atoms with Crippen molar-refractivity contribution in [2.45, 2.75) is 75.3 Å². The summed E-state index contributed by atoms with van der Waals surface area (Å²) in [4.78, 5) is 0. The molecule has 0 aromatic heterocycles. The second-order valence-corrected chi connectivity index (χ2v) is 5.46. The topological polar surface area (TPSA) is 131 Å². The Kier molecular flexibility index (Phi) is 6.80. The fourth-order valence-electron chi connectivity index (χ4n) is 2.46. The lowest BCUT2D eigenvalue weighted by Gasteiger charge is -2.46. The van der Waals surface area contributed by atoms with Crippen molar-refractivity contribution < 1.29 is 35.4 Å². The van der Waals surface area contributed by atoms with Crippen LogP contribution in [0.4, 0.5) is 0 Å². The predicted molar refractivity (Wildman–Crippen MR) is 69.7 cm³/mol. The quantitative estimate of drug-likeness (QED) is 0.314. The first-order chi connectivity index (χ1) is 9.35. The van der Waals surface area contributed by atoms with Crippen LogP contribution in [0, 0.1) is 0 Å². The van der Waals surface area contributed by atoms with E-state index in [1.807, 2.05) is 6.92 Å². The van der Waals surface area contributed by atoms with Crippen LogP contribution in [0.5, 0.6) is 0 Å². The zero-order valence-electron chi connectivity index (χ0n) is 11.7. The smallest absolute Gasteiger partial charge is 0.197 e. The number of hydrogen-bond donors (Lipinski definition) is 6. The van der Waals surface area contributed by atoms with Gasteiger partial charge in [0.05, 0.1) is 12.7 Å². The van der Waals surface area contributed by atoms with E-state index in [1.54, 1.807) is 0 Å². The van der Waals surface area contributed by atoms with E-state index in [0.29, 0.717) is 6.42 Å². The Balaban J connectivity index is 2.64. The minimum absolute atomic E-state index is 0.293. The average molecular weight is 294 g/mol. The predicted octanol–water partition coefficient (Wildman–Crippen LogP) is -1.52. The molecule has 1 aliphatic rings. The molecule has 6 N–H and O–H groups in total. The van der Waals surface area contributed by atoms with Gasteiger partial charge in [-0.2, -0.15) is 0 Å². The summed E-state index contributed by atoms with van der Waals surface area (Å²) in [5, 5.41) is 58.2. The molecule has 0 radical (unpaired) electrons. The first-order valence-electron chi connectivity index (χ1n) is 7.09. The van der Waals surface area contributed by atoms with Crippen LogP contribution in [-0.4, -0.2) is 73.6 Å². The maximum Gasteiger partial charge on any atom is 0.197 e. The number of aliphatic hydroxyl groups is 6. The lowest BCUT2D eigenvalue weighted by atomic mass is 9.88. The van der Waals surface area contributed by atoms with Crippen LogP contribution >= 0.6 is 0 Å². The van der Waals surface area contributed by atoms with Gasteiger partial charge in [-0.25, -0.2) is 0 Å². The van der Waals surface area contributed by atoms with Crippen LogP contribution in [0.3, 0.4) is 0 Å². The zero-order valence-corrected chi connectivity index (χ0v) is 11.7. The van der Waals surface area contributed by atoms with Crippen LogP contribution in [0.25, 0.3) is 0 Å². The molecule has 6 atom stereocenters. The molecule has 0 aromatic carbocycles. The van der Waals surface area contributed by atoms with Crippen LogP contribution in [0.2, 0.25) is 0 Å². The van der Waals surface area contributed by atoms with E-state index in [2.05, 4.69) is 0 Å². The summed E-state index contributed by atoms with van der Waals surface area (Å²) in [5.74, 6) is -2.18. The highest BCUT2D eigenvalue weighted by Crippen LogP contribution is 2.32. The van der Waals surface area contributed by atoms with Gasteiger partial charge >= 0.3 is 0 Å². The van der Waals surface area contributed by atoms with Crippen molar-refractivity contribution in [1.29, 1.82) is 0 Å². The Bertz CT molecular complexity index is 286. The Morgan fingerprint density at radius 1 is 1.15 bits per heavy atom. The van der Waals surface area contributed by atoms with E-state index in [-0.39, 0.29) is 6.42 Å². The van der Waals surface area contributed by atoms with E-state index in [4.69, 9.17) is 9.84 Å². The molecule has 1 heterocycles. The van der Waals surface area contributed by atoms with Gasteiger partial charge in [0.2, 0.25) is 0 Å². The maximum atomic E-state index is 10.2. The van der Waals surface area contributed by atoms with Gasteiger partial charge in [0, 0.05) is 6.42 Å².